The largest absolute Gasteiger partial charge is 0.481 e. The quantitative estimate of drug-likeness (QED) is 0.882. The fourth-order valence-electron chi connectivity index (χ4n) is 4.23. The Balaban J connectivity index is 1.52. The van der Waals surface area contributed by atoms with Crippen molar-refractivity contribution < 1.29 is 14.7 Å². The third-order valence-electron chi connectivity index (χ3n) is 5.74. The number of hydrogen-bond donors (Lipinski definition) is 2. The van der Waals surface area contributed by atoms with E-state index in [-0.39, 0.29) is 18.0 Å². The molecule has 136 valence electrons. The fraction of sp³-hybridized carbons (Fsp3) is 0.600. The smallest absolute Gasteiger partial charge is 0.317 e. The summed E-state index contributed by atoms with van der Waals surface area (Å²) in [5.74, 6) is -0.538. The molecule has 2 amide bonds. The van der Waals surface area contributed by atoms with Gasteiger partial charge in [-0.25, -0.2) is 4.79 Å². The minimum atomic E-state index is -0.708. The van der Waals surface area contributed by atoms with Gasteiger partial charge in [-0.15, -0.1) is 0 Å². The minimum Gasteiger partial charge on any atom is -0.481 e. The number of nitrogens with one attached hydrogen (secondary N) is 1. The molecule has 1 aromatic carbocycles. The molecule has 2 fully saturated rings. The predicted molar refractivity (Wildman–Crippen MR) is 96.8 cm³/mol. The number of nitrogens with zero attached hydrogens (tertiary/aromatic N) is 1. The molecule has 1 unspecified atom stereocenters. The molecule has 1 heterocycles. The van der Waals surface area contributed by atoms with Gasteiger partial charge in [0.25, 0.3) is 0 Å². The van der Waals surface area contributed by atoms with E-state index in [0.29, 0.717) is 18.8 Å². The molecule has 1 saturated carbocycles. The van der Waals surface area contributed by atoms with Gasteiger partial charge in [0, 0.05) is 25.0 Å². The number of carbonyl (C=O) groups is 2. The number of carboxylic acids is 1. The molecule has 0 bridgehead atoms. The van der Waals surface area contributed by atoms with Crippen molar-refractivity contribution in [3.8, 4) is 0 Å². The van der Waals surface area contributed by atoms with E-state index in [4.69, 9.17) is 5.11 Å². The number of likely N-dealkylation sites (tertiary alicyclic amines) is 1. The Bertz CT molecular complexity index is 650. The van der Waals surface area contributed by atoms with E-state index >= 15 is 0 Å². The lowest BCUT2D eigenvalue weighted by atomic mass is 9.86. The summed E-state index contributed by atoms with van der Waals surface area (Å²) in [7, 11) is 0. The number of urea groups is 1. The first-order valence-electron chi connectivity index (χ1n) is 9.29. The standard InChI is InChI=1S/C20H28N2O3/c1-13-3-8-18(14(2)11-13)16-9-10-22(12-16)20(25)21-17-6-4-15(5-7-17)19(23)24/h3,8,11,15-17H,4-7,9-10,12H2,1-2H3,(H,21,25)(H,23,24). The average Bonchev–Trinajstić information content (AvgIpc) is 3.05. The van der Waals surface area contributed by atoms with Crippen LogP contribution in [0.4, 0.5) is 4.79 Å². The average molecular weight is 344 g/mol. The van der Waals surface area contributed by atoms with E-state index < -0.39 is 5.97 Å². The zero-order chi connectivity index (χ0) is 18.0. The Hall–Kier alpha value is -2.04. The Morgan fingerprint density at radius 2 is 1.84 bits per heavy atom. The molecule has 2 N–H and O–H groups in total. The van der Waals surface area contributed by atoms with Crippen LogP contribution in [-0.4, -0.2) is 41.1 Å². The number of amides is 2. The summed E-state index contributed by atoms with van der Waals surface area (Å²) in [6.07, 6.45) is 3.84. The van der Waals surface area contributed by atoms with Crippen molar-refractivity contribution >= 4 is 12.0 Å². The van der Waals surface area contributed by atoms with Crippen molar-refractivity contribution in [3.05, 3.63) is 34.9 Å². The maximum Gasteiger partial charge on any atom is 0.317 e. The summed E-state index contributed by atoms with van der Waals surface area (Å²) in [5.41, 5.74) is 3.92. The third kappa shape index (κ3) is 4.14. The van der Waals surface area contributed by atoms with Gasteiger partial charge in [0.2, 0.25) is 0 Å². The summed E-state index contributed by atoms with van der Waals surface area (Å²) >= 11 is 0. The summed E-state index contributed by atoms with van der Waals surface area (Å²) in [4.78, 5) is 25.5. The molecule has 5 heteroatoms. The number of hydrogen-bond acceptors (Lipinski definition) is 2. The van der Waals surface area contributed by atoms with Crippen LogP contribution in [-0.2, 0) is 4.79 Å². The van der Waals surface area contributed by atoms with Crippen molar-refractivity contribution in [1.82, 2.24) is 10.2 Å². The zero-order valence-corrected chi connectivity index (χ0v) is 15.1. The van der Waals surface area contributed by atoms with Crippen molar-refractivity contribution in [2.45, 2.75) is 57.9 Å². The number of benzene rings is 1. The number of rotatable bonds is 3. The second-order valence-electron chi connectivity index (χ2n) is 7.63. The SMILES string of the molecule is Cc1ccc(C2CCN(C(=O)NC3CCC(C(=O)O)CC3)C2)c(C)c1. The molecule has 1 atom stereocenters. The minimum absolute atomic E-state index is 0.00559. The van der Waals surface area contributed by atoms with Gasteiger partial charge in [-0.3, -0.25) is 4.79 Å². The molecule has 5 nitrogen and oxygen atoms in total. The van der Waals surface area contributed by atoms with Crippen molar-refractivity contribution in [2.75, 3.05) is 13.1 Å². The first kappa shape index (κ1) is 17.8. The van der Waals surface area contributed by atoms with Crippen LogP contribution in [0.25, 0.3) is 0 Å². The molecule has 0 aromatic heterocycles. The molecule has 1 aliphatic carbocycles. The van der Waals surface area contributed by atoms with E-state index in [9.17, 15) is 9.59 Å². The molecule has 1 aliphatic heterocycles. The van der Waals surface area contributed by atoms with Gasteiger partial charge < -0.3 is 15.3 Å². The second-order valence-corrected chi connectivity index (χ2v) is 7.63. The summed E-state index contributed by atoms with van der Waals surface area (Å²) in [6.45, 7) is 5.80. The first-order chi connectivity index (χ1) is 11.9. The van der Waals surface area contributed by atoms with Crippen molar-refractivity contribution in [3.63, 3.8) is 0 Å². The van der Waals surface area contributed by atoms with E-state index in [1.807, 2.05) is 4.90 Å². The lowest BCUT2D eigenvalue weighted by Crippen LogP contribution is -2.45. The van der Waals surface area contributed by atoms with Gasteiger partial charge >= 0.3 is 12.0 Å². The summed E-state index contributed by atoms with van der Waals surface area (Å²) in [6, 6.07) is 6.67. The molecule has 1 aromatic rings. The Morgan fingerprint density at radius 3 is 2.48 bits per heavy atom. The molecule has 3 rings (SSSR count). The predicted octanol–water partition coefficient (Wildman–Crippen LogP) is 3.45. The highest BCUT2D eigenvalue weighted by Crippen LogP contribution is 2.30. The molecule has 0 radical (unpaired) electrons. The van der Waals surface area contributed by atoms with Gasteiger partial charge in [-0.05, 0) is 57.1 Å². The van der Waals surface area contributed by atoms with Gasteiger partial charge in [-0.2, -0.15) is 0 Å². The van der Waals surface area contributed by atoms with E-state index in [2.05, 4.69) is 37.4 Å². The maximum atomic E-state index is 12.5. The summed E-state index contributed by atoms with van der Waals surface area (Å²) < 4.78 is 0. The Labute approximate surface area is 149 Å². The number of carbonyl (C=O) groups excluding carboxylic acids is 1. The Kier molecular flexibility index (Phi) is 5.30. The van der Waals surface area contributed by atoms with E-state index in [0.717, 1.165) is 32.4 Å². The van der Waals surface area contributed by atoms with Crippen LogP contribution < -0.4 is 5.32 Å². The molecule has 25 heavy (non-hydrogen) atoms. The molecular formula is C20H28N2O3. The van der Waals surface area contributed by atoms with Crippen LogP contribution in [0.3, 0.4) is 0 Å². The van der Waals surface area contributed by atoms with Gasteiger partial charge in [-0.1, -0.05) is 23.8 Å². The zero-order valence-electron chi connectivity index (χ0n) is 15.1. The molecule has 2 aliphatic rings. The number of carboxylic acid groups (broad SMARTS) is 1. The molecule has 1 saturated heterocycles. The number of aryl methyl sites for hydroxylation is 2. The van der Waals surface area contributed by atoms with Crippen molar-refractivity contribution in [2.24, 2.45) is 5.92 Å². The Morgan fingerprint density at radius 1 is 1.12 bits per heavy atom. The highest BCUT2D eigenvalue weighted by molar-refractivity contribution is 5.75. The van der Waals surface area contributed by atoms with Crippen LogP contribution in [0, 0.1) is 19.8 Å². The van der Waals surface area contributed by atoms with Crippen LogP contribution in [0.5, 0.6) is 0 Å². The highest BCUT2D eigenvalue weighted by atomic mass is 16.4. The summed E-state index contributed by atoms with van der Waals surface area (Å²) in [5, 5.41) is 12.2. The topological polar surface area (TPSA) is 69.6 Å². The van der Waals surface area contributed by atoms with E-state index in [1.54, 1.807) is 0 Å². The van der Waals surface area contributed by atoms with Gasteiger partial charge in [0.15, 0.2) is 0 Å². The monoisotopic (exact) mass is 344 g/mol. The lowest BCUT2D eigenvalue weighted by molar-refractivity contribution is -0.142. The van der Waals surface area contributed by atoms with Crippen LogP contribution in [0.15, 0.2) is 18.2 Å². The van der Waals surface area contributed by atoms with Crippen LogP contribution in [0.2, 0.25) is 0 Å². The normalized spacial score (nSPS) is 26.5. The van der Waals surface area contributed by atoms with Crippen LogP contribution in [0.1, 0.15) is 54.7 Å². The van der Waals surface area contributed by atoms with Crippen molar-refractivity contribution in [1.29, 1.82) is 0 Å². The second kappa shape index (κ2) is 7.46. The van der Waals surface area contributed by atoms with E-state index in [1.165, 1.54) is 16.7 Å². The maximum absolute atomic E-state index is 12.5. The van der Waals surface area contributed by atoms with Crippen LogP contribution >= 0.6 is 0 Å². The molecule has 0 spiro atoms. The van der Waals surface area contributed by atoms with Gasteiger partial charge in [0.05, 0.1) is 5.92 Å². The fourth-order valence-corrected chi connectivity index (χ4v) is 4.23. The first-order valence-corrected chi connectivity index (χ1v) is 9.29. The molecular weight excluding hydrogens is 316 g/mol. The number of aliphatic carboxylic acids is 1. The van der Waals surface area contributed by atoms with Gasteiger partial charge in [0.1, 0.15) is 0 Å². The highest BCUT2D eigenvalue weighted by Gasteiger charge is 2.31. The lowest BCUT2D eigenvalue weighted by Gasteiger charge is -2.28. The third-order valence-corrected chi connectivity index (χ3v) is 5.74.